The molecule has 0 aromatic rings. The van der Waals surface area contributed by atoms with Gasteiger partial charge in [0, 0.05) is 0 Å². The number of fused-ring (bicyclic) bond motifs is 2. The van der Waals surface area contributed by atoms with Gasteiger partial charge in [0.2, 0.25) is 12.2 Å². The van der Waals surface area contributed by atoms with Crippen LogP contribution in [0.15, 0.2) is 0 Å². The Bertz CT molecular complexity index is 892. The van der Waals surface area contributed by atoms with Gasteiger partial charge in [0.1, 0.15) is 0 Å². The zero-order chi connectivity index (χ0) is 26.8. The van der Waals surface area contributed by atoms with Crippen molar-refractivity contribution < 1.29 is 78.5 Å². The zero-order valence-corrected chi connectivity index (χ0v) is 17.5. The minimum atomic E-state index is -2.19. The highest BCUT2D eigenvalue weighted by Gasteiger charge is 2.67. The molecule has 35 heavy (non-hydrogen) atoms. The van der Waals surface area contributed by atoms with Gasteiger partial charge in [0.25, 0.3) is 0 Å². The van der Waals surface area contributed by atoms with Gasteiger partial charge in [0.15, 0.2) is 0 Å². The predicted molar refractivity (Wildman–Crippen MR) is 100 cm³/mol. The average Bonchev–Trinajstić information content (AvgIpc) is 3.28. The van der Waals surface area contributed by atoms with Crippen molar-refractivity contribution in [2.24, 2.45) is 35.5 Å². The smallest absolute Gasteiger partial charge is 0.345 e. The number of hydrogen-bond donors (Lipinski definition) is 6. The SMILES string of the molecule is O=C(O)CC(OC(=O)C1C2CC(C1C(=O)O)C(C(=O)OC(CC(=O)O)C(=O)O)C2C(=O)O)C(=O)O. The Balaban J connectivity index is 2.37. The first-order valence-corrected chi connectivity index (χ1v) is 9.93. The third kappa shape index (κ3) is 5.64. The van der Waals surface area contributed by atoms with Crippen molar-refractivity contribution in [3.63, 3.8) is 0 Å². The minimum absolute atomic E-state index is 0.346. The van der Waals surface area contributed by atoms with Crippen LogP contribution in [0.3, 0.4) is 0 Å². The lowest BCUT2D eigenvalue weighted by Crippen LogP contribution is -2.49. The van der Waals surface area contributed by atoms with E-state index in [1.807, 2.05) is 0 Å². The van der Waals surface area contributed by atoms with Crippen molar-refractivity contribution in [2.45, 2.75) is 31.5 Å². The Morgan fingerprint density at radius 2 is 0.886 bits per heavy atom. The lowest BCUT2D eigenvalue weighted by Gasteiger charge is -2.35. The number of carbonyl (C=O) groups excluding carboxylic acids is 2. The number of carboxylic acids is 6. The van der Waals surface area contributed by atoms with Crippen LogP contribution in [-0.4, -0.2) is 90.6 Å². The Hall–Kier alpha value is -4.24. The maximum atomic E-state index is 12.7. The van der Waals surface area contributed by atoms with E-state index in [2.05, 4.69) is 9.47 Å². The fourth-order valence-electron chi connectivity index (χ4n) is 4.84. The van der Waals surface area contributed by atoms with Crippen LogP contribution < -0.4 is 0 Å². The standard InChI is InChI=1S/C19H20O16/c20-8(21)2-6(14(24)25)34-18(32)12-4-1-5(10(12)16(28)29)13(11(4)17(30)31)19(33)35-7(15(26)27)3-9(22)23/h4-7,10-13H,1-3H2,(H,20,21)(H,22,23)(H,24,25)(H,26,27)(H,28,29)(H,30,31). The lowest BCUT2D eigenvalue weighted by atomic mass is 9.68. The van der Waals surface area contributed by atoms with Crippen LogP contribution in [0.4, 0.5) is 0 Å². The Kier molecular flexibility index (Phi) is 7.99. The van der Waals surface area contributed by atoms with Gasteiger partial charge in [-0.25, -0.2) is 9.59 Å². The summed E-state index contributed by atoms with van der Waals surface area (Å²) in [6.45, 7) is 0. The van der Waals surface area contributed by atoms with E-state index in [-0.39, 0.29) is 6.42 Å². The molecule has 0 aromatic carbocycles. The minimum Gasteiger partial charge on any atom is -0.481 e. The molecule has 192 valence electrons. The molecule has 8 atom stereocenters. The van der Waals surface area contributed by atoms with Crippen LogP contribution >= 0.6 is 0 Å². The van der Waals surface area contributed by atoms with Gasteiger partial charge in [-0.1, -0.05) is 0 Å². The van der Waals surface area contributed by atoms with Crippen molar-refractivity contribution >= 4 is 47.8 Å². The summed E-state index contributed by atoms with van der Waals surface area (Å²) < 4.78 is 9.34. The quantitative estimate of drug-likeness (QED) is 0.160. The van der Waals surface area contributed by atoms with Crippen LogP contribution in [-0.2, 0) is 47.8 Å². The lowest BCUT2D eigenvalue weighted by molar-refractivity contribution is -0.183. The summed E-state index contributed by atoms with van der Waals surface area (Å²) in [4.78, 5) is 93.3. The molecule has 0 heterocycles. The molecule has 2 saturated carbocycles. The number of rotatable bonds is 12. The topological polar surface area (TPSA) is 276 Å². The molecule has 16 heteroatoms. The molecular formula is C19H20O16. The Morgan fingerprint density at radius 1 is 0.571 bits per heavy atom. The summed E-state index contributed by atoms with van der Waals surface area (Å²) in [5, 5.41) is 55.0. The molecule has 2 fully saturated rings. The molecule has 6 N–H and O–H groups in total. The van der Waals surface area contributed by atoms with Gasteiger partial charge in [-0.2, -0.15) is 0 Å². The number of carbonyl (C=O) groups is 8. The largest absolute Gasteiger partial charge is 0.481 e. The van der Waals surface area contributed by atoms with E-state index in [0.717, 1.165) is 0 Å². The van der Waals surface area contributed by atoms with Crippen molar-refractivity contribution in [1.29, 1.82) is 0 Å². The van der Waals surface area contributed by atoms with Gasteiger partial charge in [-0.15, -0.1) is 0 Å². The van der Waals surface area contributed by atoms with Crippen molar-refractivity contribution in [3.05, 3.63) is 0 Å². The summed E-state index contributed by atoms with van der Waals surface area (Å²) in [5.74, 6) is -23.1. The maximum absolute atomic E-state index is 12.7. The van der Waals surface area contributed by atoms with Crippen molar-refractivity contribution in [3.8, 4) is 0 Å². The molecule has 0 aromatic heterocycles. The van der Waals surface area contributed by atoms with Crippen LogP contribution in [0, 0.1) is 35.5 Å². The second-order valence-corrected chi connectivity index (χ2v) is 8.07. The van der Waals surface area contributed by atoms with Crippen LogP contribution in [0.1, 0.15) is 19.3 Å². The molecule has 2 aliphatic carbocycles. The van der Waals surface area contributed by atoms with Crippen molar-refractivity contribution in [1.82, 2.24) is 0 Å². The fourth-order valence-corrected chi connectivity index (χ4v) is 4.84. The second kappa shape index (κ2) is 10.4. The first-order valence-electron chi connectivity index (χ1n) is 9.93. The van der Waals surface area contributed by atoms with E-state index in [0.29, 0.717) is 0 Å². The third-order valence-electron chi connectivity index (χ3n) is 6.07. The van der Waals surface area contributed by atoms with Crippen LogP contribution in [0.5, 0.6) is 0 Å². The fraction of sp³-hybridized carbons (Fsp3) is 0.579. The van der Waals surface area contributed by atoms with E-state index in [1.54, 1.807) is 0 Å². The highest BCUT2D eigenvalue weighted by molar-refractivity contribution is 5.91. The first-order chi connectivity index (χ1) is 16.2. The summed E-state index contributed by atoms with van der Waals surface area (Å²) in [7, 11) is 0. The number of ether oxygens (including phenoxy) is 2. The summed E-state index contributed by atoms with van der Waals surface area (Å²) in [6, 6.07) is 0. The highest BCUT2D eigenvalue weighted by atomic mass is 16.6. The number of aliphatic carboxylic acids is 6. The number of esters is 2. The van der Waals surface area contributed by atoms with E-state index in [1.165, 1.54) is 0 Å². The molecule has 0 aliphatic heterocycles. The zero-order valence-electron chi connectivity index (χ0n) is 17.5. The third-order valence-corrected chi connectivity index (χ3v) is 6.07. The van der Waals surface area contributed by atoms with Crippen molar-refractivity contribution in [2.75, 3.05) is 0 Å². The van der Waals surface area contributed by atoms with Crippen LogP contribution in [0.2, 0.25) is 0 Å². The maximum Gasteiger partial charge on any atom is 0.345 e. The van der Waals surface area contributed by atoms with Gasteiger partial charge >= 0.3 is 47.8 Å². The van der Waals surface area contributed by atoms with Gasteiger partial charge < -0.3 is 40.1 Å². The molecule has 16 nitrogen and oxygen atoms in total. The summed E-state index contributed by atoms with van der Waals surface area (Å²) in [5.41, 5.74) is 0. The number of carboxylic acid groups (broad SMARTS) is 6. The molecule has 8 unspecified atom stereocenters. The van der Waals surface area contributed by atoms with Gasteiger partial charge in [-0.3, -0.25) is 28.8 Å². The van der Waals surface area contributed by atoms with Crippen LogP contribution in [0.25, 0.3) is 0 Å². The Morgan fingerprint density at radius 3 is 1.11 bits per heavy atom. The molecular weight excluding hydrogens is 484 g/mol. The molecule has 2 rings (SSSR count). The van der Waals surface area contributed by atoms with E-state index < -0.39 is 108 Å². The van der Waals surface area contributed by atoms with E-state index >= 15 is 0 Å². The van der Waals surface area contributed by atoms with Gasteiger partial charge in [-0.05, 0) is 18.3 Å². The molecule has 2 bridgehead atoms. The van der Waals surface area contributed by atoms with E-state index in [4.69, 9.17) is 20.4 Å². The average molecular weight is 504 g/mol. The predicted octanol–water partition coefficient (Wildman–Crippen LogP) is -1.79. The van der Waals surface area contributed by atoms with E-state index in [9.17, 15) is 48.6 Å². The second-order valence-electron chi connectivity index (χ2n) is 8.07. The molecule has 0 radical (unpaired) electrons. The Labute approximate surface area is 194 Å². The van der Waals surface area contributed by atoms with Gasteiger partial charge in [0.05, 0.1) is 36.5 Å². The highest BCUT2D eigenvalue weighted by Crippen LogP contribution is 2.59. The first kappa shape index (κ1) is 27.0. The number of hydrogen-bond acceptors (Lipinski definition) is 10. The molecule has 2 aliphatic rings. The normalized spacial score (nSPS) is 28.3. The monoisotopic (exact) mass is 504 g/mol. The summed E-state index contributed by atoms with van der Waals surface area (Å²) >= 11 is 0. The molecule has 0 spiro atoms. The molecule has 0 amide bonds. The summed E-state index contributed by atoms with van der Waals surface area (Å²) in [6.07, 6.45) is -7.04. The molecule has 0 saturated heterocycles.